The third-order valence-corrected chi connectivity index (χ3v) is 12.2. The van der Waals surface area contributed by atoms with Crippen LogP contribution >= 0.6 is 0 Å². The van der Waals surface area contributed by atoms with Gasteiger partial charge >= 0.3 is 0 Å². The van der Waals surface area contributed by atoms with Crippen LogP contribution in [0.5, 0.6) is 5.75 Å². The molecule has 0 saturated carbocycles. The van der Waals surface area contributed by atoms with Crippen molar-refractivity contribution in [3.05, 3.63) is 167 Å². The standard InChI is InChI=1S/C61H66N3O.Pt/c1-37(2)47-22-18-23-48(38(3)4)55(47)42-26-27-53(39(5)30-42)64-54-25-19-24-49(56(54)63-58(64)50-35-46(60(9,10)11)36-51(57(50)65)61(12,13)14)43-31-44(33-45(32-43)59(6,7)8)52-34-41(28-29-62-52)40-20-16-15-17-21-40;/h15-30,32-38,65H,1-14H3;/q-1;/i5D3,15D,16D,17D,20D,21D,37D,38D;. The average Bonchev–Trinajstić information content (AvgIpc) is 3.70. The number of fused-ring (bicyclic) bond motifs is 1. The summed E-state index contributed by atoms with van der Waals surface area (Å²) < 4.78 is 90.1. The van der Waals surface area contributed by atoms with Gasteiger partial charge in [0.25, 0.3) is 0 Å². The van der Waals surface area contributed by atoms with Gasteiger partial charge in [0.15, 0.2) is 0 Å². The molecule has 5 heteroatoms. The van der Waals surface area contributed by atoms with Crippen molar-refractivity contribution >= 4 is 11.0 Å². The summed E-state index contributed by atoms with van der Waals surface area (Å²) in [6, 6.07) is 29.6. The van der Waals surface area contributed by atoms with Crippen molar-refractivity contribution in [1.29, 1.82) is 0 Å². The molecule has 1 N–H and O–H groups in total. The molecule has 0 saturated heterocycles. The fraction of sp³-hybridized carbons (Fsp3) is 0.311. The number of rotatable bonds is 8. The SMILES string of the molecule is [2H]c1c([2H])c([2H])c(-c2ccnc(-c3[c-]c(-c4cccc5c4nc(-c4cc(C(C)(C)C)cc(C(C)(C)C)c4O)n5-c4ccc(-c5c(C([2H])(C)C)cccc5C([2H])(C)C)cc4C([2H])([2H])[2H])cc(C(C)(C)C)c3)c2)c([2H])c1[2H].[Pt]. The molecule has 0 radical (unpaired) electrons. The van der Waals surface area contributed by atoms with Gasteiger partial charge in [-0.1, -0.05) is 180 Å². The van der Waals surface area contributed by atoms with Gasteiger partial charge in [0.05, 0.1) is 29.1 Å². The zero-order valence-corrected chi connectivity index (χ0v) is 42.6. The third-order valence-electron chi connectivity index (χ3n) is 12.2. The minimum Gasteiger partial charge on any atom is -0.507 e. The van der Waals surface area contributed by atoms with Crippen molar-refractivity contribution in [2.45, 2.75) is 125 Å². The minimum absolute atomic E-state index is 0. The van der Waals surface area contributed by atoms with Gasteiger partial charge in [0.2, 0.25) is 0 Å². The van der Waals surface area contributed by atoms with Crippen LogP contribution in [0.4, 0.5) is 0 Å². The number of phenols is 1. The molecule has 0 aliphatic heterocycles. The Morgan fingerprint density at radius 3 is 1.92 bits per heavy atom. The van der Waals surface area contributed by atoms with Crippen LogP contribution in [0.3, 0.4) is 0 Å². The van der Waals surface area contributed by atoms with Crippen molar-refractivity contribution < 1.29 is 39.9 Å². The van der Waals surface area contributed by atoms with E-state index in [1.165, 1.54) is 0 Å². The molecule has 66 heavy (non-hydrogen) atoms. The van der Waals surface area contributed by atoms with Crippen LogP contribution < -0.4 is 0 Å². The fourth-order valence-electron chi connectivity index (χ4n) is 8.55. The van der Waals surface area contributed by atoms with E-state index in [-0.39, 0.29) is 55.4 Å². The van der Waals surface area contributed by atoms with E-state index in [1.807, 2.05) is 92.1 Å². The van der Waals surface area contributed by atoms with E-state index in [9.17, 15) is 12.0 Å². The number of nitrogens with zero attached hydrogens (tertiary/aromatic N) is 3. The van der Waals surface area contributed by atoms with Crippen molar-refractivity contribution in [2.24, 2.45) is 0 Å². The van der Waals surface area contributed by atoms with Crippen LogP contribution in [0.25, 0.3) is 72.7 Å². The summed E-state index contributed by atoms with van der Waals surface area (Å²) in [5.74, 6) is -1.86. The number of para-hydroxylation sites is 1. The first-order chi connectivity index (χ1) is 34.5. The molecule has 8 aromatic rings. The van der Waals surface area contributed by atoms with E-state index in [0.717, 1.165) is 11.1 Å². The summed E-state index contributed by atoms with van der Waals surface area (Å²) >= 11 is 0. The van der Waals surface area contributed by atoms with E-state index < -0.39 is 47.6 Å². The zero-order valence-electron chi connectivity index (χ0n) is 50.3. The predicted octanol–water partition coefficient (Wildman–Crippen LogP) is 16.7. The second kappa shape index (κ2) is 18.3. The van der Waals surface area contributed by atoms with Crippen LogP contribution in [0.15, 0.2) is 127 Å². The van der Waals surface area contributed by atoms with Gasteiger partial charge < -0.3 is 5.11 Å². The molecule has 0 bridgehead atoms. The predicted molar refractivity (Wildman–Crippen MR) is 276 cm³/mol. The Morgan fingerprint density at radius 1 is 0.667 bits per heavy atom. The molecule has 0 spiro atoms. The molecule has 4 nitrogen and oxygen atoms in total. The molecule has 0 aliphatic carbocycles. The number of benzene rings is 6. The molecule has 0 amide bonds. The van der Waals surface area contributed by atoms with Gasteiger partial charge in [-0.2, -0.15) is 0 Å². The second-order valence-corrected chi connectivity index (χ2v) is 20.7. The maximum absolute atomic E-state index is 12.6. The largest absolute Gasteiger partial charge is 0.507 e. The Morgan fingerprint density at radius 2 is 1.30 bits per heavy atom. The summed E-state index contributed by atoms with van der Waals surface area (Å²) in [6.07, 6.45) is 1.55. The Hall–Kier alpha value is -5.57. The smallest absolute Gasteiger partial charge is 0.148 e. The first-order valence-electron chi connectivity index (χ1n) is 27.3. The number of imidazole rings is 1. The Kier molecular flexibility index (Phi) is 10.1. The number of hydrogen-bond donors (Lipinski definition) is 1. The van der Waals surface area contributed by atoms with Gasteiger partial charge in [-0.25, -0.2) is 4.98 Å². The summed E-state index contributed by atoms with van der Waals surface area (Å²) in [6.45, 7) is 23.2. The van der Waals surface area contributed by atoms with Crippen molar-refractivity contribution in [1.82, 2.24) is 14.5 Å². The van der Waals surface area contributed by atoms with E-state index in [1.54, 1.807) is 58.2 Å². The van der Waals surface area contributed by atoms with Crippen LogP contribution in [-0.2, 0) is 37.3 Å². The summed E-state index contributed by atoms with van der Waals surface area (Å²) in [5, 5.41) is 12.6. The summed E-state index contributed by atoms with van der Waals surface area (Å²) in [7, 11) is 0. The van der Waals surface area contributed by atoms with E-state index in [4.69, 9.17) is 16.8 Å². The quantitative estimate of drug-likeness (QED) is 0.154. The molecule has 2 aromatic heterocycles. The van der Waals surface area contributed by atoms with Crippen LogP contribution in [-0.4, -0.2) is 19.6 Å². The maximum Gasteiger partial charge on any atom is 0.148 e. The fourth-order valence-corrected chi connectivity index (χ4v) is 8.55. The number of phenolic OH excluding ortho intramolecular Hbond substituents is 1. The van der Waals surface area contributed by atoms with Gasteiger partial charge in [-0.15, -0.1) is 29.3 Å². The van der Waals surface area contributed by atoms with E-state index in [0.29, 0.717) is 83.9 Å². The van der Waals surface area contributed by atoms with Crippen LogP contribution in [0.2, 0.25) is 0 Å². The summed E-state index contributed by atoms with van der Waals surface area (Å²) in [4.78, 5) is 10.2. The van der Waals surface area contributed by atoms with Gasteiger partial charge in [0, 0.05) is 45.4 Å². The second-order valence-electron chi connectivity index (χ2n) is 20.7. The maximum atomic E-state index is 12.6. The van der Waals surface area contributed by atoms with Gasteiger partial charge in [0.1, 0.15) is 11.6 Å². The Bertz CT molecular complexity index is 3520. The molecule has 2 heterocycles. The van der Waals surface area contributed by atoms with Gasteiger partial charge in [-0.3, -0.25) is 9.55 Å². The molecule has 0 fully saturated rings. The number of aryl methyl sites for hydroxylation is 1. The zero-order chi connectivity index (χ0) is 55.4. The monoisotopic (exact) mass is 1060 g/mol. The topological polar surface area (TPSA) is 50.9 Å². The van der Waals surface area contributed by atoms with Crippen LogP contribution in [0.1, 0.15) is 149 Å². The number of pyridine rings is 1. The minimum atomic E-state index is -2.69. The number of hydrogen-bond acceptors (Lipinski definition) is 3. The Labute approximate surface area is 422 Å². The van der Waals surface area contributed by atoms with Crippen LogP contribution in [0, 0.1) is 12.9 Å². The van der Waals surface area contributed by atoms with Crippen molar-refractivity contribution in [3.8, 4) is 67.5 Å². The first kappa shape index (κ1) is 36.5. The van der Waals surface area contributed by atoms with Gasteiger partial charge in [-0.05, 0) is 110 Å². The molecule has 342 valence electrons. The third kappa shape index (κ3) is 9.37. The molecule has 0 unspecified atom stereocenters. The molecule has 6 aromatic carbocycles. The normalized spacial score (nSPS) is 15.0. The Balaban J connectivity index is 0.00000840. The molecule has 0 atom stereocenters. The van der Waals surface area contributed by atoms with E-state index >= 15 is 0 Å². The molecule has 8 rings (SSSR count). The molecule has 0 aliphatic rings. The first-order valence-corrected chi connectivity index (χ1v) is 22.3. The average molecular weight is 1060 g/mol. The number of aromatic nitrogens is 3. The van der Waals surface area contributed by atoms with E-state index in [2.05, 4.69) is 47.6 Å². The summed E-state index contributed by atoms with van der Waals surface area (Å²) in [5.41, 5.74) is 8.37. The van der Waals surface area contributed by atoms with Crippen molar-refractivity contribution in [3.63, 3.8) is 0 Å². The number of aromatic hydroxyl groups is 1. The molecular formula is C61H66N3OPt-. The van der Waals surface area contributed by atoms with Crippen molar-refractivity contribution in [2.75, 3.05) is 0 Å². The molecular weight excluding hydrogens is 986 g/mol.